The number of unbranched alkanes of at least 4 members (excludes halogenated alkanes) is 1. The van der Waals surface area contributed by atoms with Gasteiger partial charge in [-0.1, -0.05) is 13.3 Å². The zero-order valence-electron chi connectivity index (χ0n) is 5.02. The zero-order chi connectivity index (χ0) is 5.70. The van der Waals surface area contributed by atoms with E-state index >= 15 is 0 Å². The number of carbonyl (C=O) groups excluding carboxylic acids is 1. The van der Waals surface area contributed by atoms with E-state index in [1.54, 1.807) is 0 Å². The summed E-state index contributed by atoms with van der Waals surface area (Å²) < 4.78 is 0. The zero-order valence-corrected chi connectivity index (χ0v) is 9.50. The quantitative estimate of drug-likeness (QED) is 0.663. The number of hydrogen-bond donors (Lipinski definition) is 0. The summed E-state index contributed by atoms with van der Waals surface area (Å²) in [4.78, 5) is 9.65. The third-order valence-electron chi connectivity index (χ3n) is 0.734. The molecule has 0 rings (SSSR count). The summed E-state index contributed by atoms with van der Waals surface area (Å²) >= 11 is 0. The second-order valence-electron chi connectivity index (χ2n) is 1.48. The van der Waals surface area contributed by atoms with Gasteiger partial charge in [0, 0.05) is 5.97 Å². The minimum Gasteiger partial charge on any atom is -0.550 e. The van der Waals surface area contributed by atoms with E-state index in [1.165, 1.54) is 0 Å². The molecule has 44 valence electrons. The maximum atomic E-state index is 9.65. The predicted molar refractivity (Wildman–Crippen MR) is 30.3 cm³/mol. The monoisotopic (exact) mass is 306 g/mol. The normalized spacial score (nSPS) is 7.62. The van der Waals surface area contributed by atoms with Crippen LogP contribution >= 0.6 is 0 Å². The van der Waals surface area contributed by atoms with Crippen molar-refractivity contribution in [2.75, 3.05) is 0 Å². The van der Waals surface area contributed by atoms with Gasteiger partial charge in [0.15, 0.2) is 0 Å². The van der Waals surface area contributed by atoms with Gasteiger partial charge >= 0.3 is 27.3 Å². The molecule has 0 aliphatic heterocycles. The summed E-state index contributed by atoms with van der Waals surface area (Å²) in [5.74, 6) is -0.943. The Morgan fingerprint density at radius 1 is 1.62 bits per heavy atom. The Morgan fingerprint density at radius 2 is 2.12 bits per heavy atom. The number of carbonyl (C=O) groups is 1. The molecule has 0 unspecified atom stereocenters. The van der Waals surface area contributed by atoms with Crippen molar-refractivity contribution in [3.63, 3.8) is 0 Å². The van der Waals surface area contributed by atoms with E-state index in [1.807, 2.05) is 6.92 Å². The molecule has 0 heterocycles. The first-order chi connectivity index (χ1) is 3.27. The van der Waals surface area contributed by atoms with Crippen LogP contribution in [-0.2, 0) is 4.79 Å². The van der Waals surface area contributed by atoms with Crippen LogP contribution in [0.5, 0.6) is 0 Å². The summed E-state index contributed by atoms with van der Waals surface area (Å²) in [7, 11) is 0. The van der Waals surface area contributed by atoms with Crippen LogP contribution in [0, 0.1) is 0 Å². The predicted octanol–water partition coefficient (Wildman–Crippen LogP) is -0.454. The minimum atomic E-state index is -0.943. The van der Waals surface area contributed by atoms with Gasteiger partial charge in [-0.2, -0.15) is 0 Å². The average Bonchev–Trinajstić information content (AvgIpc) is 1.61. The number of carboxylic acids is 1. The molecule has 0 bridgehead atoms. The topological polar surface area (TPSA) is 40.1 Å². The Labute approximate surface area is 69.4 Å². The molecular weight excluding hydrogens is 296 g/mol. The van der Waals surface area contributed by atoms with Crippen LogP contribution < -0.4 is 5.11 Å². The van der Waals surface area contributed by atoms with E-state index in [-0.39, 0.29) is 33.7 Å². The van der Waals surface area contributed by atoms with Crippen LogP contribution in [0.1, 0.15) is 26.2 Å². The van der Waals surface area contributed by atoms with Gasteiger partial charge in [0.25, 0.3) is 0 Å². The van der Waals surface area contributed by atoms with E-state index in [4.69, 9.17) is 0 Å². The van der Waals surface area contributed by atoms with Gasteiger partial charge in [-0.25, -0.2) is 0 Å². The molecule has 2 nitrogen and oxygen atoms in total. The molecule has 0 aromatic heterocycles. The van der Waals surface area contributed by atoms with E-state index < -0.39 is 5.97 Å². The molecule has 0 saturated heterocycles. The van der Waals surface area contributed by atoms with Crippen molar-refractivity contribution >= 4 is 33.3 Å². The summed E-state index contributed by atoms with van der Waals surface area (Å²) in [5.41, 5.74) is 0. The first-order valence-corrected chi connectivity index (χ1v) is 2.47. The number of rotatable bonds is 3. The van der Waals surface area contributed by atoms with E-state index in [2.05, 4.69) is 0 Å². The molecular formula is C5H9O2Tl. The molecule has 8 heavy (non-hydrogen) atoms. The summed E-state index contributed by atoms with van der Waals surface area (Å²) in [6.07, 6.45) is 1.87. The van der Waals surface area contributed by atoms with Crippen LogP contribution in [-0.4, -0.2) is 33.3 Å². The standard InChI is InChI=1S/C5H10O2.Tl/c1-2-3-4-5(6)7;/h2-4H2,1H3,(H,6,7);/q;+1/p-1. The maximum Gasteiger partial charge on any atom is 1.00 e. The molecule has 3 heteroatoms. The summed E-state index contributed by atoms with van der Waals surface area (Å²) in [6, 6.07) is 0. The Kier molecular flexibility index (Phi) is 10.4. The van der Waals surface area contributed by atoms with Crippen LogP contribution in [0.15, 0.2) is 0 Å². The van der Waals surface area contributed by atoms with Gasteiger partial charge in [0.2, 0.25) is 0 Å². The second-order valence-corrected chi connectivity index (χ2v) is 1.48. The van der Waals surface area contributed by atoms with Gasteiger partial charge in [0.1, 0.15) is 0 Å². The van der Waals surface area contributed by atoms with Gasteiger partial charge in [-0.15, -0.1) is 0 Å². The minimum absolute atomic E-state index is 0. The Bertz CT molecular complexity index is 63.4. The molecule has 0 amide bonds. The van der Waals surface area contributed by atoms with E-state index in [0.717, 1.165) is 12.8 Å². The van der Waals surface area contributed by atoms with Gasteiger partial charge in [-0.3, -0.25) is 0 Å². The molecule has 0 aliphatic rings. The fraction of sp³-hybridized carbons (Fsp3) is 0.800. The fourth-order valence-electron chi connectivity index (χ4n) is 0.321. The third-order valence-corrected chi connectivity index (χ3v) is 0.734. The molecule has 0 atom stereocenters. The smallest absolute Gasteiger partial charge is 0.550 e. The largest absolute Gasteiger partial charge is 1.00 e. The Hall–Kier alpha value is 0.392. The first-order valence-electron chi connectivity index (χ1n) is 2.47. The van der Waals surface area contributed by atoms with Gasteiger partial charge < -0.3 is 9.90 Å². The van der Waals surface area contributed by atoms with Crippen molar-refractivity contribution in [2.45, 2.75) is 26.2 Å². The van der Waals surface area contributed by atoms with Crippen LogP contribution in [0.2, 0.25) is 0 Å². The molecule has 0 fully saturated rings. The van der Waals surface area contributed by atoms with Gasteiger partial charge in [-0.05, 0) is 12.8 Å². The molecule has 0 spiro atoms. The van der Waals surface area contributed by atoms with Crippen molar-refractivity contribution < 1.29 is 9.90 Å². The first kappa shape index (κ1) is 11.2. The van der Waals surface area contributed by atoms with Gasteiger partial charge in [0.05, 0.1) is 0 Å². The Morgan fingerprint density at radius 3 is 2.25 bits per heavy atom. The second kappa shape index (κ2) is 7.39. The maximum absolute atomic E-state index is 9.65. The number of aliphatic carboxylic acids is 1. The number of carboxylic acid groups (broad SMARTS) is 1. The SMILES string of the molecule is CCCCC(=O)[O-].[Tl+]. The van der Waals surface area contributed by atoms with E-state index in [9.17, 15) is 9.90 Å². The van der Waals surface area contributed by atoms with Crippen LogP contribution in [0.3, 0.4) is 0 Å². The molecule has 0 aromatic carbocycles. The van der Waals surface area contributed by atoms with Crippen molar-refractivity contribution in [1.29, 1.82) is 0 Å². The third kappa shape index (κ3) is 9.63. The van der Waals surface area contributed by atoms with Crippen molar-refractivity contribution in [2.24, 2.45) is 0 Å². The van der Waals surface area contributed by atoms with Crippen molar-refractivity contribution in [3.8, 4) is 0 Å². The average molecular weight is 306 g/mol. The molecule has 0 aromatic rings. The van der Waals surface area contributed by atoms with Crippen LogP contribution in [0.4, 0.5) is 0 Å². The van der Waals surface area contributed by atoms with Crippen molar-refractivity contribution in [1.82, 2.24) is 0 Å². The van der Waals surface area contributed by atoms with E-state index in [0.29, 0.717) is 0 Å². The number of hydrogen-bond acceptors (Lipinski definition) is 2. The molecule has 0 N–H and O–H groups in total. The fourth-order valence-corrected chi connectivity index (χ4v) is 0.321. The summed E-state index contributed by atoms with van der Waals surface area (Å²) in [5, 5.41) is 9.65. The van der Waals surface area contributed by atoms with Crippen molar-refractivity contribution in [3.05, 3.63) is 0 Å². The van der Waals surface area contributed by atoms with Crippen LogP contribution in [0.25, 0.3) is 0 Å². The molecule has 0 radical (unpaired) electrons. The molecule has 0 aliphatic carbocycles. The molecule has 0 saturated carbocycles. The Balaban J connectivity index is 0. The summed E-state index contributed by atoms with van der Waals surface area (Å²) in [6.45, 7) is 1.95.